The average molecular weight is 506 g/mol. The Balaban J connectivity index is 1.89. The van der Waals surface area contributed by atoms with E-state index in [1.165, 1.54) is 18.2 Å². The molecule has 5 nitrogen and oxygen atoms in total. The van der Waals surface area contributed by atoms with E-state index >= 15 is 0 Å². The van der Waals surface area contributed by atoms with Crippen LogP contribution >= 0.6 is 39.1 Å². The van der Waals surface area contributed by atoms with Crippen LogP contribution in [0.15, 0.2) is 45.8 Å². The van der Waals surface area contributed by atoms with E-state index in [9.17, 15) is 13.2 Å². The predicted octanol–water partition coefficient (Wildman–Crippen LogP) is 4.74. The fraction of sp³-hybridized carbons (Fsp3) is 0.316. The van der Waals surface area contributed by atoms with Crippen LogP contribution in [0.1, 0.15) is 19.4 Å². The third-order valence-electron chi connectivity index (χ3n) is 4.70. The number of carbonyl (C=O) groups is 1. The average Bonchev–Trinajstić information content (AvgIpc) is 2.96. The summed E-state index contributed by atoms with van der Waals surface area (Å²) in [6.45, 7) is 3.49. The number of anilines is 1. The SMILES string of the molecule is CCN(CC(=O)N1c2ccc(Br)cc2C[C@@H]1C)S(=O)(=O)c1cc(Cl)ccc1Cl. The summed E-state index contributed by atoms with van der Waals surface area (Å²) in [6, 6.07) is 9.94. The molecule has 0 saturated heterocycles. The summed E-state index contributed by atoms with van der Waals surface area (Å²) in [5.41, 5.74) is 1.87. The van der Waals surface area contributed by atoms with E-state index in [1.54, 1.807) is 11.8 Å². The molecule has 2 aromatic carbocycles. The zero-order valence-corrected chi connectivity index (χ0v) is 19.2. The van der Waals surface area contributed by atoms with Gasteiger partial charge in [0.25, 0.3) is 0 Å². The van der Waals surface area contributed by atoms with Gasteiger partial charge in [-0.1, -0.05) is 46.1 Å². The van der Waals surface area contributed by atoms with E-state index in [2.05, 4.69) is 15.9 Å². The van der Waals surface area contributed by atoms with E-state index in [0.29, 0.717) is 0 Å². The molecule has 0 unspecified atom stereocenters. The van der Waals surface area contributed by atoms with Gasteiger partial charge in [0.1, 0.15) is 4.90 Å². The number of fused-ring (bicyclic) bond motifs is 1. The minimum absolute atomic E-state index is 0.0482. The van der Waals surface area contributed by atoms with Gasteiger partial charge in [0.15, 0.2) is 0 Å². The Hall–Kier alpha value is -1.12. The zero-order valence-electron chi connectivity index (χ0n) is 15.3. The lowest BCUT2D eigenvalue weighted by Gasteiger charge is -2.27. The quantitative estimate of drug-likeness (QED) is 0.589. The van der Waals surface area contributed by atoms with Crippen molar-refractivity contribution in [1.29, 1.82) is 0 Å². The predicted molar refractivity (Wildman–Crippen MR) is 116 cm³/mol. The lowest BCUT2D eigenvalue weighted by Crippen LogP contribution is -2.45. The van der Waals surface area contributed by atoms with Crippen molar-refractivity contribution >= 4 is 60.7 Å². The lowest BCUT2D eigenvalue weighted by atomic mass is 10.1. The standard InChI is InChI=1S/C19H19BrCl2N2O3S/c1-3-23(28(26,27)18-10-15(21)5-6-16(18)22)11-19(25)24-12(2)8-13-9-14(20)4-7-17(13)24/h4-7,9-10,12H,3,8,11H2,1-2H3/t12-/m0/s1. The van der Waals surface area contributed by atoms with Crippen LogP contribution in [-0.2, 0) is 21.2 Å². The largest absolute Gasteiger partial charge is 0.308 e. The third-order valence-corrected chi connectivity index (χ3v) is 7.83. The van der Waals surface area contributed by atoms with Gasteiger partial charge in [-0.2, -0.15) is 4.31 Å². The molecule has 150 valence electrons. The molecule has 0 aliphatic carbocycles. The summed E-state index contributed by atoms with van der Waals surface area (Å²) in [5.74, 6) is -0.280. The van der Waals surface area contributed by atoms with E-state index in [1.807, 2.05) is 25.1 Å². The maximum Gasteiger partial charge on any atom is 0.245 e. The minimum atomic E-state index is -3.97. The highest BCUT2D eigenvalue weighted by Gasteiger charge is 2.34. The van der Waals surface area contributed by atoms with Crippen molar-refractivity contribution < 1.29 is 13.2 Å². The molecule has 0 radical (unpaired) electrons. The maximum atomic E-state index is 13.1. The van der Waals surface area contributed by atoms with Crippen molar-refractivity contribution in [3.63, 3.8) is 0 Å². The van der Waals surface area contributed by atoms with E-state index in [0.717, 1.165) is 26.4 Å². The smallest absolute Gasteiger partial charge is 0.245 e. The first-order valence-electron chi connectivity index (χ1n) is 8.70. The number of halogens is 3. The number of likely N-dealkylation sites (N-methyl/N-ethyl adjacent to an activating group) is 1. The number of carbonyl (C=O) groups excluding carboxylic acids is 1. The lowest BCUT2D eigenvalue weighted by molar-refractivity contribution is -0.119. The number of sulfonamides is 1. The summed E-state index contributed by atoms with van der Waals surface area (Å²) in [7, 11) is -3.97. The van der Waals surface area contributed by atoms with Crippen molar-refractivity contribution in [3.05, 3.63) is 56.5 Å². The van der Waals surface area contributed by atoms with Crippen molar-refractivity contribution in [3.8, 4) is 0 Å². The van der Waals surface area contributed by atoms with Gasteiger partial charge in [-0.3, -0.25) is 4.79 Å². The van der Waals surface area contributed by atoms with Crippen molar-refractivity contribution in [2.24, 2.45) is 0 Å². The van der Waals surface area contributed by atoms with Gasteiger partial charge in [-0.15, -0.1) is 0 Å². The van der Waals surface area contributed by atoms with Crippen LogP contribution in [0.5, 0.6) is 0 Å². The fourth-order valence-corrected chi connectivity index (χ4v) is 5.93. The molecule has 1 amide bonds. The molecule has 1 aliphatic heterocycles. The number of hydrogen-bond donors (Lipinski definition) is 0. The number of benzene rings is 2. The van der Waals surface area contributed by atoms with Crippen LogP contribution in [0, 0.1) is 0 Å². The van der Waals surface area contributed by atoms with E-state index in [-0.39, 0.29) is 40.0 Å². The fourth-order valence-electron chi connectivity index (χ4n) is 3.39. The molecule has 0 fully saturated rings. The van der Waals surface area contributed by atoms with Crippen molar-refractivity contribution in [1.82, 2.24) is 4.31 Å². The molecule has 0 spiro atoms. The topological polar surface area (TPSA) is 57.7 Å². The first-order valence-corrected chi connectivity index (χ1v) is 11.7. The second-order valence-electron chi connectivity index (χ2n) is 6.60. The van der Waals surface area contributed by atoms with Crippen LogP contribution in [0.2, 0.25) is 10.0 Å². The van der Waals surface area contributed by atoms with Crippen LogP contribution in [0.4, 0.5) is 5.69 Å². The highest BCUT2D eigenvalue weighted by Crippen LogP contribution is 2.35. The number of rotatable bonds is 5. The molecule has 1 aliphatic rings. The molecule has 3 rings (SSSR count). The van der Waals surface area contributed by atoms with Gasteiger partial charge >= 0.3 is 0 Å². The monoisotopic (exact) mass is 504 g/mol. The van der Waals surface area contributed by atoms with Gasteiger partial charge in [0.05, 0.1) is 11.6 Å². The molecule has 1 heterocycles. The van der Waals surface area contributed by atoms with Gasteiger partial charge in [0.2, 0.25) is 15.9 Å². The highest BCUT2D eigenvalue weighted by atomic mass is 79.9. The Morgan fingerprint density at radius 3 is 2.64 bits per heavy atom. The first-order chi connectivity index (χ1) is 13.1. The second kappa shape index (κ2) is 8.32. The highest BCUT2D eigenvalue weighted by molar-refractivity contribution is 9.10. The van der Waals surface area contributed by atoms with Crippen LogP contribution < -0.4 is 4.90 Å². The normalized spacial score (nSPS) is 16.5. The zero-order chi connectivity index (χ0) is 20.6. The Morgan fingerprint density at radius 1 is 1.25 bits per heavy atom. The molecule has 0 saturated carbocycles. The summed E-state index contributed by atoms with van der Waals surface area (Å²) in [4.78, 5) is 14.6. The minimum Gasteiger partial charge on any atom is -0.308 e. The molecular weight excluding hydrogens is 487 g/mol. The molecule has 0 aromatic heterocycles. The molecule has 1 atom stereocenters. The number of nitrogens with zero attached hydrogens (tertiary/aromatic N) is 2. The first kappa shape index (κ1) is 21.6. The summed E-state index contributed by atoms with van der Waals surface area (Å²) in [6.07, 6.45) is 0.722. The van der Waals surface area contributed by atoms with Crippen LogP contribution in [0.3, 0.4) is 0 Å². The van der Waals surface area contributed by atoms with Gasteiger partial charge in [-0.25, -0.2) is 8.42 Å². The summed E-state index contributed by atoms with van der Waals surface area (Å²) >= 11 is 15.5. The Labute approximate surface area is 183 Å². The Bertz CT molecular complexity index is 1030. The molecule has 28 heavy (non-hydrogen) atoms. The van der Waals surface area contributed by atoms with Crippen molar-refractivity contribution in [2.75, 3.05) is 18.0 Å². The van der Waals surface area contributed by atoms with Gasteiger partial charge in [0, 0.05) is 27.8 Å². The van der Waals surface area contributed by atoms with Gasteiger partial charge in [-0.05, 0) is 55.3 Å². The van der Waals surface area contributed by atoms with Crippen LogP contribution in [0.25, 0.3) is 0 Å². The molecule has 0 N–H and O–H groups in total. The number of hydrogen-bond acceptors (Lipinski definition) is 3. The van der Waals surface area contributed by atoms with Crippen molar-refractivity contribution in [2.45, 2.75) is 31.2 Å². The van der Waals surface area contributed by atoms with Gasteiger partial charge < -0.3 is 4.90 Å². The summed E-state index contributed by atoms with van der Waals surface area (Å²) in [5, 5.41) is 0.332. The Kier molecular flexibility index (Phi) is 6.41. The Morgan fingerprint density at radius 2 is 1.96 bits per heavy atom. The summed E-state index contributed by atoms with van der Waals surface area (Å²) < 4.78 is 28.2. The molecular formula is C19H19BrCl2N2O3S. The second-order valence-corrected chi connectivity index (χ2v) is 10.3. The third kappa shape index (κ3) is 4.09. The number of amides is 1. The van der Waals surface area contributed by atoms with Crippen LogP contribution in [-0.4, -0.2) is 37.8 Å². The molecule has 9 heteroatoms. The van der Waals surface area contributed by atoms with E-state index in [4.69, 9.17) is 23.2 Å². The maximum absolute atomic E-state index is 13.1. The molecule has 2 aromatic rings. The van der Waals surface area contributed by atoms with E-state index < -0.39 is 10.0 Å². The molecule has 0 bridgehead atoms.